The van der Waals surface area contributed by atoms with E-state index in [-0.39, 0.29) is 12.2 Å². The minimum absolute atomic E-state index is 0.0881. The van der Waals surface area contributed by atoms with E-state index in [0.717, 1.165) is 56.1 Å². The molecule has 0 heterocycles. The SMILES string of the molecule is CC(=O)O.CCCC(=O)OC(CCC1CCC2Cc3c(cccc3OC)CC12)NC. The minimum atomic E-state index is -0.833. The van der Waals surface area contributed by atoms with Crippen molar-refractivity contribution >= 4 is 11.9 Å². The summed E-state index contributed by atoms with van der Waals surface area (Å²) >= 11 is 0. The van der Waals surface area contributed by atoms with Gasteiger partial charge >= 0.3 is 5.97 Å². The Morgan fingerprint density at radius 2 is 2.00 bits per heavy atom. The lowest BCUT2D eigenvalue weighted by molar-refractivity contribution is -0.151. The average Bonchev–Trinajstić information content (AvgIpc) is 3.10. The molecule has 6 heteroatoms. The molecule has 0 aliphatic heterocycles. The van der Waals surface area contributed by atoms with E-state index in [1.54, 1.807) is 7.11 Å². The van der Waals surface area contributed by atoms with Gasteiger partial charge in [-0.25, -0.2) is 0 Å². The van der Waals surface area contributed by atoms with Crippen molar-refractivity contribution in [1.29, 1.82) is 0 Å². The summed E-state index contributed by atoms with van der Waals surface area (Å²) in [6.45, 7) is 3.09. The van der Waals surface area contributed by atoms with Crippen molar-refractivity contribution in [3.05, 3.63) is 29.3 Å². The van der Waals surface area contributed by atoms with Crippen molar-refractivity contribution in [2.24, 2.45) is 17.8 Å². The number of esters is 1. The Bertz CT molecular complexity index is 701. The highest BCUT2D eigenvalue weighted by Crippen LogP contribution is 2.48. The van der Waals surface area contributed by atoms with E-state index in [2.05, 4.69) is 23.5 Å². The number of nitrogens with one attached hydrogen (secondary N) is 1. The van der Waals surface area contributed by atoms with Crippen LogP contribution in [0.3, 0.4) is 0 Å². The lowest BCUT2D eigenvalue weighted by Gasteiger charge is -2.32. The van der Waals surface area contributed by atoms with Gasteiger partial charge in [-0.3, -0.25) is 14.9 Å². The molecule has 1 aromatic rings. The fourth-order valence-electron chi connectivity index (χ4n) is 4.98. The van der Waals surface area contributed by atoms with Crippen molar-refractivity contribution in [2.75, 3.05) is 14.2 Å². The van der Waals surface area contributed by atoms with E-state index in [1.807, 2.05) is 14.0 Å². The molecule has 1 fully saturated rings. The molecule has 4 atom stereocenters. The van der Waals surface area contributed by atoms with Gasteiger partial charge in [-0.15, -0.1) is 0 Å². The molecule has 0 spiro atoms. The second-order valence-electron chi connectivity index (χ2n) is 8.38. The molecule has 0 bridgehead atoms. The van der Waals surface area contributed by atoms with Gasteiger partial charge in [-0.2, -0.15) is 0 Å². The van der Waals surface area contributed by atoms with Crippen molar-refractivity contribution in [3.8, 4) is 5.75 Å². The lowest BCUT2D eigenvalue weighted by Crippen LogP contribution is -2.32. The number of fused-ring (bicyclic) bond motifs is 2. The van der Waals surface area contributed by atoms with Crippen molar-refractivity contribution in [2.45, 2.75) is 71.4 Å². The maximum absolute atomic E-state index is 11.8. The van der Waals surface area contributed by atoms with Crippen LogP contribution in [0.15, 0.2) is 18.2 Å². The maximum atomic E-state index is 11.8. The molecular formula is C24H37NO5. The number of methoxy groups -OCH3 is 1. The van der Waals surface area contributed by atoms with Crippen LogP contribution in [0.1, 0.15) is 63.5 Å². The molecule has 4 unspecified atom stereocenters. The van der Waals surface area contributed by atoms with E-state index < -0.39 is 5.97 Å². The maximum Gasteiger partial charge on any atom is 0.307 e. The third kappa shape index (κ3) is 6.73. The number of carboxylic acids is 1. The summed E-state index contributed by atoms with van der Waals surface area (Å²) in [5.41, 5.74) is 2.90. The zero-order valence-corrected chi connectivity index (χ0v) is 18.8. The smallest absolute Gasteiger partial charge is 0.307 e. The fraction of sp³-hybridized carbons (Fsp3) is 0.667. The first-order chi connectivity index (χ1) is 14.4. The van der Waals surface area contributed by atoms with E-state index in [4.69, 9.17) is 19.4 Å². The first-order valence-corrected chi connectivity index (χ1v) is 11.1. The quantitative estimate of drug-likeness (QED) is 0.485. The number of hydrogen-bond acceptors (Lipinski definition) is 5. The highest BCUT2D eigenvalue weighted by Gasteiger charge is 2.39. The minimum Gasteiger partial charge on any atom is -0.496 e. The van der Waals surface area contributed by atoms with Crippen LogP contribution in [0, 0.1) is 17.8 Å². The highest BCUT2D eigenvalue weighted by atomic mass is 16.6. The molecule has 6 nitrogen and oxygen atoms in total. The highest BCUT2D eigenvalue weighted by molar-refractivity contribution is 5.69. The molecule has 0 amide bonds. The molecule has 168 valence electrons. The number of benzene rings is 1. The van der Waals surface area contributed by atoms with Crippen LogP contribution in [0.2, 0.25) is 0 Å². The van der Waals surface area contributed by atoms with Gasteiger partial charge in [0.2, 0.25) is 0 Å². The Balaban J connectivity index is 0.000000735. The molecular weight excluding hydrogens is 382 g/mol. The van der Waals surface area contributed by atoms with Gasteiger partial charge in [0.25, 0.3) is 5.97 Å². The van der Waals surface area contributed by atoms with Gasteiger partial charge < -0.3 is 14.6 Å². The van der Waals surface area contributed by atoms with E-state index in [0.29, 0.717) is 6.42 Å². The van der Waals surface area contributed by atoms with Gasteiger partial charge in [-0.05, 0) is 86.9 Å². The summed E-state index contributed by atoms with van der Waals surface area (Å²) in [7, 11) is 3.65. The van der Waals surface area contributed by atoms with Crippen molar-refractivity contribution < 1.29 is 24.2 Å². The first-order valence-electron chi connectivity index (χ1n) is 11.1. The summed E-state index contributed by atoms with van der Waals surface area (Å²) < 4.78 is 11.1. The average molecular weight is 420 g/mol. The zero-order valence-electron chi connectivity index (χ0n) is 18.8. The number of hydrogen-bond donors (Lipinski definition) is 2. The third-order valence-corrected chi connectivity index (χ3v) is 6.34. The molecule has 30 heavy (non-hydrogen) atoms. The van der Waals surface area contributed by atoms with Crippen LogP contribution in [0.25, 0.3) is 0 Å². The van der Waals surface area contributed by atoms with Crippen molar-refractivity contribution in [3.63, 3.8) is 0 Å². The Kier molecular flexibility index (Phi) is 9.63. The van der Waals surface area contributed by atoms with Gasteiger partial charge in [0.1, 0.15) is 5.75 Å². The summed E-state index contributed by atoms with van der Waals surface area (Å²) in [5, 5.41) is 10.6. The fourth-order valence-corrected chi connectivity index (χ4v) is 4.98. The number of ether oxygens (including phenoxy) is 2. The molecule has 2 N–H and O–H groups in total. The van der Waals surface area contributed by atoms with Crippen LogP contribution in [0.5, 0.6) is 5.75 Å². The summed E-state index contributed by atoms with van der Waals surface area (Å²) in [4.78, 5) is 20.8. The Morgan fingerprint density at radius 1 is 1.27 bits per heavy atom. The topological polar surface area (TPSA) is 84.9 Å². The van der Waals surface area contributed by atoms with Crippen LogP contribution in [-0.4, -0.2) is 37.4 Å². The third-order valence-electron chi connectivity index (χ3n) is 6.34. The Morgan fingerprint density at radius 3 is 2.63 bits per heavy atom. The molecule has 2 aliphatic rings. The van der Waals surface area contributed by atoms with Crippen LogP contribution in [-0.2, 0) is 27.2 Å². The second kappa shape index (κ2) is 11.9. The first kappa shape index (κ1) is 24.2. The Labute approximate surface area is 180 Å². The van der Waals surface area contributed by atoms with Gasteiger partial charge in [-0.1, -0.05) is 19.1 Å². The number of carbonyl (C=O) groups is 2. The van der Waals surface area contributed by atoms with E-state index >= 15 is 0 Å². The molecule has 1 saturated carbocycles. The molecule has 3 rings (SSSR count). The van der Waals surface area contributed by atoms with Gasteiger partial charge in [0, 0.05) is 13.3 Å². The van der Waals surface area contributed by atoms with E-state index in [9.17, 15) is 4.79 Å². The molecule has 0 aromatic heterocycles. The lowest BCUT2D eigenvalue weighted by atomic mass is 9.74. The van der Waals surface area contributed by atoms with Crippen LogP contribution >= 0.6 is 0 Å². The summed E-state index contributed by atoms with van der Waals surface area (Å²) in [6, 6.07) is 6.48. The predicted octanol–water partition coefficient (Wildman–Crippen LogP) is 4.20. The Hall–Kier alpha value is -2.08. The molecule has 2 aliphatic carbocycles. The number of rotatable bonds is 8. The number of carbonyl (C=O) groups excluding carboxylic acids is 1. The van der Waals surface area contributed by atoms with Gasteiger partial charge in [0.05, 0.1) is 7.11 Å². The molecule has 0 radical (unpaired) electrons. The number of carboxylic acid groups (broad SMARTS) is 1. The number of aliphatic carboxylic acids is 1. The monoisotopic (exact) mass is 419 g/mol. The van der Waals surface area contributed by atoms with E-state index in [1.165, 1.54) is 30.4 Å². The molecule has 0 saturated heterocycles. The van der Waals surface area contributed by atoms with Crippen molar-refractivity contribution in [1.82, 2.24) is 5.32 Å². The predicted molar refractivity (Wildman–Crippen MR) is 116 cm³/mol. The largest absolute Gasteiger partial charge is 0.496 e. The van der Waals surface area contributed by atoms with Gasteiger partial charge in [0.15, 0.2) is 6.23 Å². The zero-order chi connectivity index (χ0) is 22.1. The summed E-state index contributed by atoms with van der Waals surface area (Å²) in [6.07, 6.45) is 8.16. The van der Waals surface area contributed by atoms with Crippen LogP contribution < -0.4 is 10.1 Å². The van der Waals surface area contributed by atoms with Crippen LogP contribution in [0.4, 0.5) is 0 Å². The summed E-state index contributed by atoms with van der Waals surface area (Å²) in [5.74, 6) is 2.41. The second-order valence-corrected chi connectivity index (χ2v) is 8.38. The standard InChI is InChI=1S/C22H33NO3.C2H4O2/c1-4-6-22(24)26-21(23-2)12-11-15-9-10-17-14-19-16(13-18(15)17)7-5-8-20(19)25-3;1-2(3)4/h5,7-8,15,17-18,21,23H,4,6,9-14H2,1-3H3;1H3,(H,3,4). The molecule has 1 aromatic carbocycles. The normalized spacial score (nSPS) is 22.7.